The van der Waals surface area contributed by atoms with Crippen molar-refractivity contribution in [3.05, 3.63) is 211 Å². The van der Waals surface area contributed by atoms with Crippen molar-refractivity contribution in [2.75, 3.05) is 0 Å². The first-order chi connectivity index (χ1) is 27.3. The first kappa shape index (κ1) is 30.4. The third-order valence-corrected chi connectivity index (χ3v) is 11.9. The van der Waals surface area contributed by atoms with E-state index in [4.69, 9.17) is 0 Å². The Kier molecular flexibility index (Phi) is 6.46. The highest BCUT2D eigenvalue weighted by molar-refractivity contribution is 6.11. The normalized spacial score (nSPS) is 13.7. The highest BCUT2D eigenvalue weighted by Crippen LogP contribution is 2.50. The lowest BCUT2D eigenvalue weighted by molar-refractivity contribution is 0.808. The van der Waals surface area contributed by atoms with Crippen LogP contribution in [-0.2, 0) is 6.42 Å². The Morgan fingerprint density at radius 3 is 1.31 bits per heavy atom. The minimum absolute atomic E-state index is 0.189. The second kappa shape index (κ2) is 11.7. The lowest BCUT2D eigenvalue weighted by Gasteiger charge is -2.18. The average Bonchev–Trinajstić information content (AvgIpc) is 3.97. The molecule has 4 heterocycles. The number of rotatable bonds is 5. The lowest BCUT2D eigenvalue weighted by Crippen LogP contribution is -2.04. The molecule has 0 N–H and O–H groups in total. The quantitative estimate of drug-likeness (QED) is 0.170. The third kappa shape index (κ3) is 4.38. The zero-order valence-electron chi connectivity index (χ0n) is 30.1. The van der Waals surface area contributed by atoms with Crippen molar-refractivity contribution in [1.82, 2.24) is 13.7 Å². The van der Waals surface area contributed by atoms with Crippen LogP contribution in [0.2, 0.25) is 0 Å². The van der Waals surface area contributed by atoms with Gasteiger partial charge in [-0.05, 0) is 77.7 Å². The van der Waals surface area contributed by atoms with E-state index in [9.17, 15) is 0 Å². The zero-order valence-corrected chi connectivity index (χ0v) is 30.1. The van der Waals surface area contributed by atoms with Gasteiger partial charge in [-0.15, -0.1) is 0 Å². The van der Waals surface area contributed by atoms with Crippen molar-refractivity contribution < 1.29 is 0 Å². The number of hydrogen-bond acceptors (Lipinski definition) is 0. The Morgan fingerprint density at radius 2 is 0.782 bits per heavy atom. The molecule has 0 aliphatic carbocycles. The van der Waals surface area contributed by atoms with Crippen LogP contribution in [0.15, 0.2) is 194 Å². The van der Waals surface area contributed by atoms with E-state index >= 15 is 0 Å². The molecule has 0 radical (unpaired) electrons. The van der Waals surface area contributed by atoms with Crippen molar-refractivity contribution in [2.45, 2.75) is 12.3 Å². The molecule has 0 spiro atoms. The fourth-order valence-corrected chi connectivity index (χ4v) is 9.74. The first-order valence-corrected chi connectivity index (χ1v) is 19.2. The molecule has 11 aromatic rings. The van der Waals surface area contributed by atoms with Crippen LogP contribution >= 0.6 is 0 Å². The largest absolute Gasteiger partial charge is 0.312 e. The maximum Gasteiger partial charge on any atom is 0.0541 e. The van der Waals surface area contributed by atoms with Gasteiger partial charge in [-0.3, -0.25) is 0 Å². The molecular formula is C52H35N3. The summed E-state index contributed by atoms with van der Waals surface area (Å²) in [5.41, 5.74) is 16.2. The van der Waals surface area contributed by atoms with Crippen LogP contribution in [0.3, 0.4) is 0 Å². The van der Waals surface area contributed by atoms with Crippen molar-refractivity contribution in [3.8, 4) is 28.2 Å². The maximum absolute atomic E-state index is 2.56. The zero-order chi connectivity index (χ0) is 36.0. The molecule has 0 fully saturated rings. The standard InChI is InChI=1S/C52H35N3/c1-2-16-34(17-3-1)30-44-42-22-8-14-28-49(42)55-50-29-15-9-23-43(50)51(52(44)55)35-31-36(53-45-24-10-4-18-38(45)39-19-5-11-25-46(39)53)33-37(32-35)54-47-26-12-6-20-40(47)41-21-7-13-27-48(41)54/h1-29,31-33,44H,30H2. The number of benzene rings is 8. The monoisotopic (exact) mass is 701 g/mol. The van der Waals surface area contributed by atoms with E-state index in [0.717, 1.165) is 17.8 Å². The predicted octanol–water partition coefficient (Wildman–Crippen LogP) is 13.2. The summed E-state index contributed by atoms with van der Waals surface area (Å²) in [6, 6.07) is 71.7. The van der Waals surface area contributed by atoms with Crippen molar-refractivity contribution in [2.24, 2.45) is 0 Å². The van der Waals surface area contributed by atoms with Crippen LogP contribution in [-0.4, -0.2) is 13.7 Å². The van der Waals surface area contributed by atoms with Gasteiger partial charge in [-0.2, -0.15) is 0 Å². The van der Waals surface area contributed by atoms with E-state index < -0.39 is 0 Å². The van der Waals surface area contributed by atoms with E-state index in [-0.39, 0.29) is 5.92 Å². The van der Waals surface area contributed by atoms with Gasteiger partial charge < -0.3 is 13.7 Å². The van der Waals surface area contributed by atoms with Gasteiger partial charge in [-0.1, -0.05) is 140 Å². The number of para-hydroxylation sites is 6. The van der Waals surface area contributed by atoms with E-state index in [0.29, 0.717) is 0 Å². The van der Waals surface area contributed by atoms with Gasteiger partial charge in [-0.25, -0.2) is 0 Å². The van der Waals surface area contributed by atoms with E-state index in [2.05, 4.69) is 208 Å². The number of nitrogens with zero attached hydrogens (tertiary/aromatic N) is 3. The first-order valence-electron chi connectivity index (χ1n) is 19.2. The van der Waals surface area contributed by atoms with Gasteiger partial charge in [0.15, 0.2) is 0 Å². The molecule has 0 saturated carbocycles. The fraction of sp³-hybridized carbons (Fsp3) is 0.0385. The van der Waals surface area contributed by atoms with Gasteiger partial charge >= 0.3 is 0 Å². The molecule has 55 heavy (non-hydrogen) atoms. The lowest BCUT2D eigenvalue weighted by atomic mass is 9.86. The summed E-state index contributed by atoms with van der Waals surface area (Å²) in [6.07, 6.45) is 0.924. The second-order valence-corrected chi connectivity index (χ2v) is 14.9. The van der Waals surface area contributed by atoms with Gasteiger partial charge in [0.25, 0.3) is 0 Å². The molecule has 0 saturated heterocycles. The molecule has 3 nitrogen and oxygen atoms in total. The predicted molar refractivity (Wildman–Crippen MR) is 229 cm³/mol. The van der Waals surface area contributed by atoms with Crippen molar-refractivity contribution >= 4 is 54.5 Å². The van der Waals surface area contributed by atoms with E-state index in [1.165, 1.54) is 88.1 Å². The summed E-state index contributed by atoms with van der Waals surface area (Å²) < 4.78 is 7.50. The minimum Gasteiger partial charge on any atom is -0.312 e. The van der Waals surface area contributed by atoms with Crippen LogP contribution < -0.4 is 0 Å². The maximum atomic E-state index is 2.56. The third-order valence-electron chi connectivity index (χ3n) is 11.9. The number of hydrogen-bond donors (Lipinski definition) is 0. The fourth-order valence-electron chi connectivity index (χ4n) is 9.74. The number of fused-ring (bicyclic) bond motifs is 11. The molecular weight excluding hydrogens is 667 g/mol. The average molecular weight is 702 g/mol. The molecule has 12 rings (SSSR count). The van der Waals surface area contributed by atoms with Gasteiger partial charge in [0.2, 0.25) is 0 Å². The molecule has 3 aromatic heterocycles. The van der Waals surface area contributed by atoms with Gasteiger partial charge in [0.05, 0.1) is 27.6 Å². The molecule has 8 aromatic carbocycles. The van der Waals surface area contributed by atoms with Gasteiger partial charge in [0, 0.05) is 61.2 Å². The van der Waals surface area contributed by atoms with Crippen molar-refractivity contribution in [3.63, 3.8) is 0 Å². The highest BCUT2D eigenvalue weighted by atomic mass is 15.0. The molecule has 3 heteroatoms. The Morgan fingerprint density at radius 1 is 0.364 bits per heavy atom. The van der Waals surface area contributed by atoms with Gasteiger partial charge in [0.1, 0.15) is 0 Å². The topological polar surface area (TPSA) is 14.8 Å². The summed E-state index contributed by atoms with van der Waals surface area (Å²) in [6.45, 7) is 0. The summed E-state index contributed by atoms with van der Waals surface area (Å²) in [7, 11) is 0. The molecule has 0 amide bonds. The highest BCUT2D eigenvalue weighted by Gasteiger charge is 2.35. The van der Waals surface area contributed by atoms with Crippen LogP contribution in [0.5, 0.6) is 0 Å². The second-order valence-electron chi connectivity index (χ2n) is 14.9. The Labute approximate surface area is 318 Å². The molecule has 1 aliphatic heterocycles. The van der Waals surface area contributed by atoms with Crippen LogP contribution in [0.4, 0.5) is 0 Å². The summed E-state index contributed by atoms with van der Waals surface area (Å²) in [5, 5.41) is 6.31. The van der Waals surface area contributed by atoms with E-state index in [1.807, 2.05) is 0 Å². The van der Waals surface area contributed by atoms with E-state index in [1.54, 1.807) is 0 Å². The molecule has 258 valence electrons. The summed E-state index contributed by atoms with van der Waals surface area (Å²) >= 11 is 0. The SMILES string of the molecule is c1ccc(CC2c3ccccc3-n3c2c(-c2cc(-n4c5ccccc5c5ccccc54)cc(-n4c5ccccc5c5ccccc54)c2)c2ccccc23)cc1. The molecule has 1 aliphatic rings. The van der Waals surface area contributed by atoms with Crippen LogP contribution in [0.25, 0.3) is 82.7 Å². The molecule has 0 bridgehead atoms. The smallest absolute Gasteiger partial charge is 0.0541 e. The Bertz CT molecular complexity index is 3060. The van der Waals surface area contributed by atoms with Crippen LogP contribution in [0.1, 0.15) is 22.7 Å². The minimum atomic E-state index is 0.189. The molecule has 1 atom stereocenters. The Hall–Kier alpha value is -7.10. The van der Waals surface area contributed by atoms with Crippen molar-refractivity contribution in [1.29, 1.82) is 0 Å². The summed E-state index contributed by atoms with van der Waals surface area (Å²) in [4.78, 5) is 0. The molecule has 1 unspecified atom stereocenters. The number of aromatic nitrogens is 3. The Balaban J connectivity index is 1.22. The summed E-state index contributed by atoms with van der Waals surface area (Å²) in [5.74, 6) is 0.189. The van der Waals surface area contributed by atoms with Crippen LogP contribution in [0, 0.1) is 0 Å².